The van der Waals surface area contributed by atoms with Gasteiger partial charge in [0.1, 0.15) is 17.3 Å². The number of benzene rings is 3. The van der Waals surface area contributed by atoms with E-state index < -0.39 is 29.5 Å². The number of rotatable bonds is 3. The van der Waals surface area contributed by atoms with Crippen molar-refractivity contribution in [1.82, 2.24) is 0 Å². The Morgan fingerprint density at radius 1 is 1.06 bits per heavy atom. The third kappa shape index (κ3) is 3.56. The molecular weight excluding hydrogens is 451 g/mol. The fourth-order valence-corrected chi connectivity index (χ4v) is 4.25. The van der Waals surface area contributed by atoms with Crippen LogP contribution in [0.15, 0.2) is 60.4 Å². The normalized spacial score (nSPS) is 17.9. The standard InChI is InChI=1S/C25H14ClFO6/c26-17-2-1-3-18(27)16(17)10-20-23(29)14-8-9-19-22(24(14)33-20)15(11-21(28)32-19)12-4-6-13(7-5-12)25(30)31/h1-10,15H,11H2,(H,30,31)/b20-10-/t15-/m1/s1. The summed E-state index contributed by atoms with van der Waals surface area (Å²) in [4.78, 5) is 36.4. The topological polar surface area (TPSA) is 89.9 Å². The second kappa shape index (κ2) is 7.86. The minimum atomic E-state index is -1.07. The van der Waals surface area contributed by atoms with Crippen LogP contribution in [0.1, 0.15) is 49.7 Å². The molecule has 8 heteroatoms. The SMILES string of the molecule is O=C1C[C@H](c2ccc(C(=O)O)cc2)c2c(ccc3c2O/C(=C\c2c(F)cccc2Cl)C3=O)O1. The number of fused-ring (bicyclic) bond motifs is 3. The van der Waals surface area contributed by atoms with Crippen molar-refractivity contribution in [3.63, 3.8) is 0 Å². The van der Waals surface area contributed by atoms with Crippen molar-refractivity contribution in [2.45, 2.75) is 12.3 Å². The monoisotopic (exact) mass is 464 g/mol. The summed E-state index contributed by atoms with van der Waals surface area (Å²) in [6.45, 7) is 0. The summed E-state index contributed by atoms with van der Waals surface area (Å²) in [5.74, 6) is -2.76. The summed E-state index contributed by atoms with van der Waals surface area (Å²) in [6.07, 6.45) is 1.23. The van der Waals surface area contributed by atoms with Crippen LogP contribution in [0.3, 0.4) is 0 Å². The van der Waals surface area contributed by atoms with Gasteiger partial charge in [-0.1, -0.05) is 29.8 Å². The zero-order chi connectivity index (χ0) is 23.3. The number of aromatic carboxylic acids is 1. The van der Waals surface area contributed by atoms with Crippen molar-refractivity contribution in [3.05, 3.63) is 99.0 Å². The van der Waals surface area contributed by atoms with Gasteiger partial charge in [-0.25, -0.2) is 9.18 Å². The first-order valence-corrected chi connectivity index (χ1v) is 10.3. The molecular formula is C25H14ClFO6. The number of hydrogen-bond acceptors (Lipinski definition) is 5. The number of hydrogen-bond donors (Lipinski definition) is 1. The number of Topliss-reactive ketones (excluding diaryl/α,β-unsaturated/α-hetero) is 1. The highest BCUT2D eigenvalue weighted by Crippen LogP contribution is 2.49. The van der Waals surface area contributed by atoms with Crippen LogP contribution < -0.4 is 9.47 Å². The van der Waals surface area contributed by atoms with Gasteiger partial charge in [-0.05, 0) is 48.0 Å². The number of allylic oxidation sites excluding steroid dienone is 1. The molecule has 1 atom stereocenters. The van der Waals surface area contributed by atoms with E-state index in [1.807, 2.05) is 0 Å². The molecule has 6 nitrogen and oxygen atoms in total. The first-order valence-electron chi connectivity index (χ1n) is 9.92. The van der Waals surface area contributed by atoms with E-state index in [-0.39, 0.29) is 45.4 Å². The van der Waals surface area contributed by atoms with Crippen molar-refractivity contribution in [3.8, 4) is 11.5 Å². The summed E-state index contributed by atoms with van der Waals surface area (Å²) < 4.78 is 25.5. The minimum absolute atomic E-state index is 0.0222. The molecule has 0 aliphatic carbocycles. The third-order valence-corrected chi connectivity index (χ3v) is 5.94. The lowest BCUT2D eigenvalue weighted by Gasteiger charge is -2.26. The number of ketones is 1. The van der Waals surface area contributed by atoms with Crippen molar-refractivity contribution in [1.29, 1.82) is 0 Å². The van der Waals surface area contributed by atoms with E-state index in [9.17, 15) is 18.8 Å². The Hall–Kier alpha value is -3.97. The van der Waals surface area contributed by atoms with E-state index in [4.69, 9.17) is 26.2 Å². The molecule has 1 N–H and O–H groups in total. The molecule has 164 valence electrons. The lowest BCUT2D eigenvalue weighted by molar-refractivity contribution is -0.135. The van der Waals surface area contributed by atoms with Crippen LogP contribution in [-0.4, -0.2) is 22.8 Å². The Labute approximate surface area is 191 Å². The predicted octanol–water partition coefficient (Wildman–Crippen LogP) is 5.23. The molecule has 0 amide bonds. The molecule has 3 aromatic carbocycles. The molecule has 0 unspecified atom stereocenters. The van der Waals surface area contributed by atoms with Gasteiger partial charge < -0.3 is 14.6 Å². The first kappa shape index (κ1) is 20.9. The van der Waals surface area contributed by atoms with Gasteiger partial charge in [0.2, 0.25) is 5.78 Å². The Morgan fingerprint density at radius 2 is 1.82 bits per heavy atom. The molecule has 3 aromatic rings. The van der Waals surface area contributed by atoms with Gasteiger partial charge >= 0.3 is 11.9 Å². The van der Waals surface area contributed by atoms with Crippen molar-refractivity contribution in [2.75, 3.05) is 0 Å². The second-order valence-corrected chi connectivity index (χ2v) is 7.99. The van der Waals surface area contributed by atoms with Crippen molar-refractivity contribution in [2.24, 2.45) is 0 Å². The smallest absolute Gasteiger partial charge is 0.335 e. The molecule has 2 aliphatic rings. The number of carbonyl (C=O) groups excluding carboxylic acids is 2. The van der Waals surface area contributed by atoms with E-state index in [1.54, 1.807) is 12.1 Å². The van der Waals surface area contributed by atoms with Crippen LogP contribution in [0.5, 0.6) is 11.5 Å². The summed E-state index contributed by atoms with van der Waals surface area (Å²) in [5, 5.41) is 9.28. The summed E-state index contributed by atoms with van der Waals surface area (Å²) in [5.41, 5.74) is 1.53. The third-order valence-electron chi connectivity index (χ3n) is 5.61. The Kier molecular flexibility index (Phi) is 4.98. The van der Waals surface area contributed by atoms with Gasteiger partial charge in [-0.15, -0.1) is 0 Å². The highest BCUT2D eigenvalue weighted by molar-refractivity contribution is 6.32. The van der Waals surface area contributed by atoms with E-state index in [1.165, 1.54) is 48.5 Å². The lowest BCUT2D eigenvalue weighted by Crippen LogP contribution is -2.21. The first-order chi connectivity index (χ1) is 15.8. The number of carbonyl (C=O) groups is 3. The fraction of sp³-hybridized carbons (Fsp3) is 0.0800. The molecule has 33 heavy (non-hydrogen) atoms. The van der Waals surface area contributed by atoms with Gasteiger partial charge in [-0.2, -0.15) is 0 Å². The van der Waals surface area contributed by atoms with E-state index in [2.05, 4.69) is 0 Å². The zero-order valence-corrected chi connectivity index (χ0v) is 17.6. The number of carboxylic acids is 1. The quantitative estimate of drug-likeness (QED) is 0.324. The maximum Gasteiger partial charge on any atom is 0.335 e. The largest absolute Gasteiger partial charge is 0.478 e. The van der Waals surface area contributed by atoms with Crippen LogP contribution in [0.2, 0.25) is 5.02 Å². The molecule has 0 radical (unpaired) electrons. The molecule has 0 spiro atoms. The zero-order valence-electron chi connectivity index (χ0n) is 16.8. The summed E-state index contributed by atoms with van der Waals surface area (Å²) in [6, 6.07) is 13.3. The molecule has 2 heterocycles. The lowest BCUT2D eigenvalue weighted by atomic mass is 9.84. The number of halogens is 2. The van der Waals surface area contributed by atoms with Crippen LogP contribution in [-0.2, 0) is 4.79 Å². The Bertz CT molecular complexity index is 1360. The fourth-order valence-electron chi connectivity index (χ4n) is 4.03. The van der Waals surface area contributed by atoms with Gasteiger partial charge in [0.05, 0.1) is 22.6 Å². The highest BCUT2D eigenvalue weighted by atomic mass is 35.5. The Morgan fingerprint density at radius 3 is 2.52 bits per heavy atom. The van der Waals surface area contributed by atoms with Crippen molar-refractivity contribution >= 4 is 35.4 Å². The summed E-state index contributed by atoms with van der Waals surface area (Å²) >= 11 is 6.09. The molecule has 0 fully saturated rings. The Balaban J connectivity index is 1.61. The molecule has 5 rings (SSSR count). The van der Waals surface area contributed by atoms with Crippen LogP contribution in [0.4, 0.5) is 4.39 Å². The average molecular weight is 465 g/mol. The van der Waals surface area contributed by atoms with Crippen LogP contribution in [0, 0.1) is 5.82 Å². The molecule has 0 saturated carbocycles. The molecule has 0 aromatic heterocycles. The number of carboxylic acid groups (broad SMARTS) is 1. The minimum Gasteiger partial charge on any atom is -0.478 e. The highest BCUT2D eigenvalue weighted by Gasteiger charge is 2.38. The van der Waals surface area contributed by atoms with Gasteiger partial charge in [0, 0.05) is 17.0 Å². The second-order valence-electron chi connectivity index (χ2n) is 7.59. The number of esters is 1. The van der Waals surface area contributed by atoms with Gasteiger partial charge in [0.25, 0.3) is 0 Å². The molecule has 0 bridgehead atoms. The number of ether oxygens (including phenoxy) is 2. The maximum atomic E-state index is 14.3. The van der Waals surface area contributed by atoms with Crippen molar-refractivity contribution < 1.29 is 33.4 Å². The van der Waals surface area contributed by atoms with Crippen LogP contribution in [0.25, 0.3) is 6.08 Å². The maximum absolute atomic E-state index is 14.3. The van der Waals surface area contributed by atoms with Crippen LogP contribution >= 0.6 is 11.6 Å². The average Bonchev–Trinajstić information content (AvgIpc) is 3.11. The van der Waals surface area contributed by atoms with E-state index in [0.29, 0.717) is 11.1 Å². The van der Waals surface area contributed by atoms with Gasteiger partial charge in [0.15, 0.2) is 5.76 Å². The molecule has 2 aliphatic heterocycles. The van der Waals surface area contributed by atoms with E-state index in [0.717, 1.165) is 0 Å². The summed E-state index contributed by atoms with van der Waals surface area (Å²) in [7, 11) is 0. The van der Waals surface area contributed by atoms with E-state index >= 15 is 0 Å². The van der Waals surface area contributed by atoms with Gasteiger partial charge in [-0.3, -0.25) is 9.59 Å². The molecule has 0 saturated heterocycles. The predicted molar refractivity (Wildman–Crippen MR) is 116 cm³/mol.